The molecule has 1 fully saturated rings. The molecule has 1 aromatic carbocycles. The van der Waals surface area contributed by atoms with E-state index in [0.29, 0.717) is 30.5 Å². The molecule has 31 heavy (non-hydrogen) atoms. The van der Waals surface area contributed by atoms with Gasteiger partial charge in [0.25, 0.3) is 0 Å². The van der Waals surface area contributed by atoms with Gasteiger partial charge in [-0.3, -0.25) is 4.79 Å². The smallest absolute Gasteiger partial charge is 0.243 e. The van der Waals surface area contributed by atoms with E-state index in [4.69, 9.17) is 0 Å². The zero-order chi connectivity index (χ0) is 21.7. The number of thioether (sulfide) groups is 1. The molecule has 0 bridgehead atoms. The summed E-state index contributed by atoms with van der Waals surface area (Å²) in [6.45, 7) is 1.68. The summed E-state index contributed by atoms with van der Waals surface area (Å²) in [6.07, 6.45) is 2.85. The molecule has 12 heteroatoms. The Kier molecular flexibility index (Phi) is 7.00. The van der Waals surface area contributed by atoms with Crippen LogP contribution in [-0.2, 0) is 21.4 Å². The van der Waals surface area contributed by atoms with Gasteiger partial charge in [0.15, 0.2) is 0 Å². The third-order valence-corrected chi connectivity index (χ3v) is 8.54. The van der Waals surface area contributed by atoms with Crippen LogP contribution < -0.4 is 5.32 Å². The third kappa shape index (κ3) is 5.50. The fourth-order valence-corrected chi connectivity index (χ4v) is 6.12. The molecule has 1 N–H and O–H groups in total. The average molecular weight is 479 g/mol. The summed E-state index contributed by atoms with van der Waals surface area (Å²) in [7, 11) is -3.48. The van der Waals surface area contributed by atoms with Crippen LogP contribution in [0.3, 0.4) is 0 Å². The minimum absolute atomic E-state index is 0.138. The first-order valence-electron chi connectivity index (χ1n) is 9.84. The molecule has 0 aliphatic carbocycles. The Morgan fingerprint density at radius 1 is 1.13 bits per heavy atom. The lowest BCUT2D eigenvalue weighted by Crippen LogP contribution is -2.35. The number of piperidine rings is 1. The number of hydrogen-bond acceptors (Lipinski definition) is 8. The van der Waals surface area contributed by atoms with Gasteiger partial charge in [0.2, 0.25) is 21.1 Å². The number of amides is 1. The van der Waals surface area contributed by atoms with Gasteiger partial charge in [-0.25, -0.2) is 13.1 Å². The van der Waals surface area contributed by atoms with Crippen molar-refractivity contribution in [2.75, 3.05) is 24.2 Å². The predicted molar refractivity (Wildman–Crippen MR) is 120 cm³/mol. The average Bonchev–Trinajstić information content (AvgIpc) is 3.46. The van der Waals surface area contributed by atoms with Crippen LogP contribution in [0.25, 0.3) is 0 Å². The van der Waals surface area contributed by atoms with Gasteiger partial charge in [-0.2, -0.15) is 4.31 Å². The molecule has 1 aliphatic heterocycles. The second kappa shape index (κ2) is 9.90. The first-order valence-corrected chi connectivity index (χ1v) is 13.1. The number of thiophene rings is 1. The number of benzene rings is 1. The van der Waals surface area contributed by atoms with Crippen LogP contribution in [0.1, 0.15) is 24.1 Å². The van der Waals surface area contributed by atoms with E-state index >= 15 is 0 Å². The molecule has 0 atom stereocenters. The number of rotatable bonds is 8. The second-order valence-corrected chi connectivity index (χ2v) is 10.9. The van der Waals surface area contributed by atoms with Crippen LogP contribution in [0.15, 0.2) is 51.8 Å². The third-order valence-electron chi connectivity index (χ3n) is 4.81. The summed E-state index contributed by atoms with van der Waals surface area (Å²) in [5, 5.41) is 17.0. The molecule has 164 valence electrons. The Morgan fingerprint density at radius 3 is 2.61 bits per heavy atom. The maximum absolute atomic E-state index is 12.7. The predicted octanol–water partition coefficient (Wildman–Crippen LogP) is 2.69. The SMILES string of the molecule is O=C(CSc1nnnn1Cc1cccs1)Nc1ccc(S(=O)(=O)N2CCCCC2)cc1. The zero-order valence-electron chi connectivity index (χ0n) is 16.7. The molecule has 1 amide bonds. The summed E-state index contributed by atoms with van der Waals surface area (Å²) < 4.78 is 28.6. The largest absolute Gasteiger partial charge is 0.325 e. The van der Waals surface area contributed by atoms with Crippen molar-refractivity contribution < 1.29 is 13.2 Å². The molecule has 0 spiro atoms. The highest BCUT2D eigenvalue weighted by atomic mass is 32.2. The highest BCUT2D eigenvalue weighted by Gasteiger charge is 2.25. The van der Waals surface area contributed by atoms with Gasteiger partial charge in [-0.05, 0) is 59.0 Å². The zero-order valence-corrected chi connectivity index (χ0v) is 19.1. The van der Waals surface area contributed by atoms with Crippen LogP contribution >= 0.6 is 23.1 Å². The maximum atomic E-state index is 12.7. The molecule has 1 aliphatic rings. The van der Waals surface area contributed by atoms with Crippen LogP contribution in [-0.4, -0.2) is 57.7 Å². The molecule has 4 rings (SSSR count). The van der Waals surface area contributed by atoms with Gasteiger partial charge in [-0.15, -0.1) is 16.4 Å². The minimum Gasteiger partial charge on any atom is -0.325 e. The molecular weight excluding hydrogens is 456 g/mol. The topological polar surface area (TPSA) is 110 Å². The summed E-state index contributed by atoms with van der Waals surface area (Å²) in [5.41, 5.74) is 0.543. The lowest BCUT2D eigenvalue weighted by Gasteiger charge is -2.25. The van der Waals surface area contributed by atoms with Gasteiger partial charge in [0.05, 0.1) is 17.2 Å². The molecule has 1 saturated heterocycles. The van der Waals surface area contributed by atoms with E-state index in [1.807, 2.05) is 17.5 Å². The fraction of sp³-hybridized carbons (Fsp3) is 0.368. The lowest BCUT2D eigenvalue weighted by molar-refractivity contribution is -0.113. The molecule has 0 unspecified atom stereocenters. The number of aromatic nitrogens is 4. The first kappa shape index (κ1) is 21.9. The van der Waals surface area contributed by atoms with Crippen molar-refractivity contribution in [3.63, 3.8) is 0 Å². The number of tetrazole rings is 1. The monoisotopic (exact) mass is 478 g/mol. The normalized spacial score (nSPS) is 15.1. The summed E-state index contributed by atoms with van der Waals surface area (Å²) >= 11 is 2.86. The van der Waals surface area contributed by atoms with E-state index in [1.54, 1.807) is 28.2 Å². The Hall–Kier alpha value is -2.28. The second-order valence-electron chi connectivity index (χ2n) is 7.02. The highest BCUT2D eigenvalue weighted by Crippen LogP contribution is 2.22. The van der Waals surface area contributed by atoms with Crippen LogP contribution in [0.4, 0.5) is 5.69 Å². The van der Waals surface area contributed by atoms with Gasteiger partial charge < -0.3 is 5.32 Å². The number of sulfonamides is 1. The number of carbonyl (C=O) groups is 1. The Morgan fingerprint density at radius 2 is 1.90 bits per heavy atom. The lowest BCUT2D eigenvalue weighted by atomic mass is 10.2. The van der Waals surface area contributed by atoms with Crippen molar-refractivity contribution in [1.82, 2.24) is 24.5 Å². The summed E-state index contributed by atoms with van der Waals surface area (Å²) in [6, 6.07) is 10.3. The molecule has 9 nitrogen and oxygen atoms in total. The fourth-order valence-electron chi connectivity index (χ4n) is 3.24. The molecule has 0 radical (unpaired) electrons. The number of nitrogens with zero attached hydrogens (tertiary/aromatic N) is 5. The van der Waals surface area contributed by atoms with Gasteiger partial charge in [0, 0.05) is 23.7 Å². The molecule has 3 heterocycles. The minimum atomic E-state index is -3.48. The summed E-state index contributed by atoms with van der Waals surface area (Å²) in [5.74, 6) is -0.0825. The van der Waals surface area contributed by atoms with E-state index in [0.717, 1.165) is 24.1 Å². The molecule has 2 aromatic heterocycles. The highest BCUT2D eigenvalue weighted by molar-refractivity contribution is 7.99. The van der Waals surface area contributed by atoms with E-state index in [1.165, 1.54) is 28.2 Å². The number of carbonyl (C=O) groups excluding carboxylic acids is 1. The Bertz CT molecular complexity index is 1110. The Labute approximate surface area is 188 Å². The van der Waals surface area contributed by atoms with Crippen molar-refractivity contribution in [2.45, 2.75) is 35.9 Å². The van der Waals surface area contributed by atoms with Crippen molar-refractivity contribution >= 4 is 44.7 Å². The maximum Gasteiger partial charge on any atom is 0.243 e. The van der Waals surface area contributed by atoms with Crippen LogP contribution in [0.2, 0.25) is 0 Å². The summed E-state index contributed by atoms with van der Waals surface area (Å²) in [4.78, 5) is 13.7. The van der Waals surface area contributed by atoms with Crippen LogP contribution in [0.5, 0.6) is 0 Å². The van der Waals surface area contributed by atoms with Gasteiger partial charge >= 0.3 is 0 Å². The Balaban J connectivity index is 1.32. The molecule has 3 aromatic rings. The number of anilines is 1. The first-order chi connectivity index (χ1) is 15.0. The molecular formula is C19H22N6O3S3. The van der Waals surface area contributed by atoms with E-state index < -0.39 is 10.0 Å². The standard InChI is InChI=1S/C19H22N6O3S3/c26-18(14-30-19-21-22-23-25(19)13-16-5-4-12-29-16)20-15-6-8-17(9-7-15)31(27,28)24-10-2-1-3-11-24/h4-9,12H,1-3,10-11,13-14H2,(H,20,26). The van der Waals surface area contributed by atoms with Crippen LogP contribution in [0, 0.1) is 0 Å². The quantitative estimate of drug-likeness (QED) is 0.496. The number of hydrogen-bond donors (Lipinski definition) is 1. The number of nitrogens with one attached hydrogen (secondary N) is 1. The van der Waals surface area contributed by atoms with Gasteiger partial charge in [-0.1, -0.05) is 24.2 Å². The van der Waals surface area contributed by atoms with Crippen molar-refractivity contribution in [2.24, 2.45) is 0 Å². The van der Waals surface area contributed by atoms with E-state index in [2.05, 4.69) is 20.8 Å². The van der Waals surface area contributed by atoms with Crippen molar-refractivity contribution in [1.29, 1.82) is 0 Å². The van der Waals surface area contributed by atoms with E-state index in [9.17, 15) is 13.2 Å². The van der Waals surface area contributed by atoms with Crippen molar-refractivity contribution in [3.8, 4) is 0 Å². The van der Waals surface area contributed by atoms with E-state index in [-0.39, 0.29) is 16.6 Å². The van der Waals surface area contributed by atoms with Crippen molar-refractivity contribution in [3.05, 3.63) is 46.7 Å². The van der Waals surface area contributed by atoms with Gasteiger partial charge in [0.1, 0.15) is 0 Å². The molecule has 0 saturated carbocycles.